The van der Waals surface area contributed by atoms with Gasteiger partial charge in [0.15, 0.2) is 5.96 Å². The van der Waals surface area contributed by atoms with E-state index < -0.39 is 0 Å². The quantitative estimate of drug-likeness (QED) is 0.276. The molecule has 0 atom stereocenters. The van der Waals surface area contributed by atoms with Crippen molar-refractivity contribution in [2.45, 2.75) is 37.1 Å². The summed E-state index contributed by atoms with van der Waals surface area (Å²) in [7, 11) is 1.76. The second-order valence-corrected chi connectivity index (χ2v) is 7.84. The van der Waals surface area contributed by atoms with Crippen molar-refractivity contribution in [2.75, 3.05) is 52.2 Å². The summed E-state index contributed by atoms with van der Waals surface area (Å²) < 4.78 is 18.1. The van der Waals surface area contributed by atoms with E-state index in [4.69, 9.17) is 4.74 Å². The van der Waals surface area contributed by atoms with Crippen LogP contribution in [0.15, 0.2) is 34.2 Å². The molecule has 27 heavy (non-hydrogen) atoms. The molecule has 2 N–H and O–H groups in total. The molecule has 1 fully saturated rings. The Kier molecular flexibility index (Phi) is 10.6. The molecule has 5 nitrogen and oxygen atoms in total. The van der Waals surface area contributed by atoms with Crippen LogP contribution in [-0.4, -0.2) is 69.1 Å². The lowest BCUT2D eigenvalue weighted by atomic mass is 10.1. The number of halogens is 1. The van der Waals surface area contributed by atoms with Gasteiger partial charge in [-0.3, -0.25) is 4.99 Å². The summed E-state index contributed by atoms with van der Waals surface area (Å²) in [4.78, 5) is 8.28. The van der Waals surface area contributed by atoms with Crippen molar-refractivity contribution in [3.8, 4) is 0 Å². The van der Waals surface area contributed by atoms with Crippen LogP contribution < -0.4 is 10.6 Å². The third-order valence-electron chi connectivity index (χ3n) is 4.54. The molecule has 1 heterocycles. The van der Waals surface area contributed by atoms with Gasteiger partial charge >= 0.3 is 0 Å². The Morgan fingerprint density at radius 3 is 2.70 bits per heavy atom. The van der Waals surface area contributed by atoms with Gasteiger partial charge in [0.2, 0.25) is 0 Å². The first-order chi connectivity index (χ1) is 13.2. The largest absolute Gasteiger partial charge is 0.385 e. The first kappa shape index (κ1) is 22.0. The number of rotatable bonds is 10. The normalized spacial score (nSPS) is 16.5. The summed E-state index contributed by atoms with van der Waals surface area (Å²) in [5.41, 5.74) is 0. The van der Waals surface area contributed by atoms with Gasteiger partial charge in [0.05, 0.1) is 6.54 Å². The second-order valence-electron chi connectivity index (χ2n) is 6.67. The lowest BCUT2D eigenvalue weighted by Crippen LogP contribution is -2.49. The van der Waals surface area contributed by atoms with Gasteiger partial charge < -0.3 is 20.3 Å². The molecule has 0 unspecified atom stereocenters. The highest BCUT2D eigenvalue weighted by molar-refractivity contribution is 7.99. The maximum absolute atomic E-state index is 12.9. The standard InChI is InChI=1S/C20H33FN4OS/c1-3-22-20(23-11-16-27-19-7-5-17(21)6-8-19)24-18-9-13-25(14-10-18)12-4-15-26-2/h5-8,18H,3-4,9-16H2,1-2H3,(H2,22,23,24). The number of likely N-dealkylation sites (tertiary alicyclic amines) is 1. The Morgan fingerprint density at radius 2 is 2.04 bits per heavy atom. The second kappa shape index (κ2) is 13.0. The van der Waals surface area contributed by atoms with E-state index in [1.54, 1.807) is 18.9 Å². The summed E-state index contributed by atoms with van der Waals surface area (Å²) in [6, 6.07) is 7.10. The SMILES string of the molecule is CCNC(=NCCSc1ccc(F)cc1)NC1CCN(CCCOC)CC1. The van der Waals surface area contributed by atoms with E-state index in [0.29, 0.717) is 6.04 Å². The van der Waals surface area contributed by atoms with E-state index in [1.165, 1.54) is 12.1 Å². The Morgan fingerprint density at radius 1 is 1.30 bits per heavy atom. The molecule has 0 bridgehead atoms. The van der Waals surface area contributed by atoms with Crippen molar-refractivity contribution < 1.29 is 9.13 Å². The molecular weight excluding hydrogens is 363 g/mol. The summed E-state index contributed by atoms with van der Waals surface area (Å²) >= 11 is 1.70. The number of piperidine rings is 1. The zero-order valence-corrected chi connectivity index (χ0v) is 17.4. The van der Waals surface area contributed by atoms with Crippen LogP contribution in [0, 0.1) is 5.82 Å². The highest BCUT2D eigenvalue weighted by atomic mass is 32.2. The van der Waals surface area contributed by atoms with Crippen LogP contribution in [0.3, 0.4) is 0 Å². The number of nitrogens with zero attached hydrogens (tertiary/aromatic N) is 2. The average molecular weight is 397 g/mol. The number of hydrogen-bond donors (Lipinski definition) is 2. The minimum absolute atomic E-state index is 0.194. The van der Waals surface area contributed by atoms with Crippen molar-refractivity contribution in [1.82, 2.24) is 15.5 Å². The molecule has 1 aromatic rings. The highest BCUT2D eigenvalue weighted by Crippen LogP contribution is 2.17. The number of ether oxygens (including phenoxy) is 1. The fourth-order valence-corrected chi connectivity index (χ4v) is 3.85. The first-order valence-electron chi connectivity index (χ1n) is 9.85. The van der Waals surface area contributed by atoms with Crippen LogP contribution in [0.4, 0.5) is 4.39 Å². The van der Waals surface area contributed by atoms with Gasteiger partial charge in [-0.1, -0.05) is 0 Å². The number of methoxy groups -OCH3 is 1. The third kappa shape index (κ3) is 8.95. The van der Waals surface area contributed by atoms with Crippen molar-refractivity contribution in [3.05, 3.63) is 30.1 Å². The lowest BCUT2D eigenvalue weighted by Gasteiger charge is -2.33. The van der Waals surface area contributed by atoms with Crippen LogP contribution in [-0.2, 0) is 4.74 Å². The smallest absolute Gasteiger partial charge is 0.191 e. The highest BCUT2D eigenvalue weighted by Gasteiger charge is 2.19. The van der Waals surface area contributed by atoms with E-state index in [0.717, 1.165) is 75.2 Å². The van der Waals surface area contributed by atoms with Crippen molar-refractivity contribution in [2.24, 2.45) is 4.99 Å². The zero-order valence-electron chi connectivity index (χ0n) is 16.5. The molecule has 2 rings (SSSR count). The van der Waals surface area contributed by atoms with Crippen molar-refractivity contribution in [3.63, 3.8) is 0 Å². The van der Waals surface area contributed by atoms with Gasteiger partial charge in [-0.25, -0.2) is 4.39 Å². The van der Waals surface area contributed by atoms with Gasteiger partial charge in [-0.15, -0.1) is 11.8 Å². The van der Waals surface area contributed by atoms with Gasteiger partial charge in [-0.05, 0) is 50.5 Å². The molecule has 0 radical (unpaired) electrons. The molecule has 0 saturated carbocycles. The molecule has 0 aliphatic carbocycles. The van der Waals surface area contributed by atoms with Crippen LogP contribution >= 0.6 is 11.8 Å². The average Bonchev–Trinajstić information content (AvgIpc) is 2.68. The van der Waals surface area contributed by atoms with Gasteiger partial charge in [0.1, 0.15) is 5.82 Å². The van der Waals surface area contributed by atoms with Crippen molar-refractivity contribution >= 4 is 17.7 Å². The third-order valence-corrected chi connectivity index (χ3v) is 5.53. The summed E-state index contributed by atoms with van der Waals surface area (Å²) in [6.45, 7) is 7.88. The molecule has 1 aliphatic heterocycles. The van der Waals surface area contributed by atoms with E-state index >= 15 is 0 Å². The number of aliphatic imine (C=N–C) groups is 1. The summed E-state index contributed by atoms with van der Waals surface area (Å²) in [5.74, 6) is 1.58. The molecule has 152 valence electrons. The fourth-order valence-electron chi connectivity index (χ4n) is 3.10. The Hall–Kier alpha value is -1.31. The number of guanidine groups is 1. The molecule has 1 saturated heterocycles. The predicted octanol–water partition coefficient (Wildman–Crippen LogP) is 2.97. The van der Waals surface area contributed by atoms with Crippen LogP contribution in [0.25, 0.3) is 0 Å². The molecule has 0 amide bonds. The van der Waals surface area contributed by atoms with Crippen LogP contribution in [0.5, 0.6) is 0 Å². The number of nitrogens with one attached hydrogen (secondary N) is 2. The van der Waals surface area contributed by atoms with Gasteiger partial charge in [0.25, 0.3) is 0 Å². The fraction of sp³-hybridized carbons (Fsp3) is 0.650. The van der Waals surface area contributed by atoms with E-state index in [1.807, 2.05) is 12.1 Å². The summed E-state index contributed by atoms with van der Waals surface area (Å²) in [5, 5.41) is 6.92. The summed E-state index contributed by atoms with van der Waals surface area (Å²) in [6.07, 6.45) is 3.38. The Balaban J connectivity index is 1.69. The van der Waals surface area contributed by atoms with Crippen molar-refractivity contribution in [1.29, 1.82) is 0 Å². The van der Waals surface area contributed by atoms with E-state index in [2.05, 4.69) is 27.4 Å². The molecule has 0 spiro atoms. The zero-order chi connectivity index (χ0) is 19.3. The Labute approximate surface area is 167 Å². The van der Waals surface area contributed by atoms with E-state index in [9.17, 15) is 4.39 Å². The molecule has 0 aromatic heterocycles. The van der Waals surface area contributed by atoms with Crippen LogP contribution in [0.2, 0.25) is 0 Å². The minimum Gasteiger partial charge on any atom is -0.385 e. The monoisotopic (exact) mass is 396 g/mol. The molecular formula is C20H33FN4OS. The number of thioether (sulfide) groups is 1. The molecule has 1 aliphatic rings. The first-order valence-corrected chi connectivity index (χ1v) is 10.8. The maximum Gasteiger partial charge on any atom is 0.191 e. The van der Waals surface area contributed by atoms with Crippen LogP contribution in [0.1, 0.15) is 26.2 Å². The maximum atomic E-state index is 12.9. The molecule has 1 aromatic carbocycles. The lowest BCUT2D eigenvalue weighted by molar-refractivity contribution is 0.155. The van der Waals surface area contributed by atoms with E-state index in [-0.39, 0.29) is 5.82 Å². The predicted molar refractivity (Wildman–Crippen MR) is 112 cm³/mol. The topological polar surface area (TPSA) is 48.9 Å². The van der Waals surface area contributed by atoms with Gasteiger partial charge in [0, 0.05) is 56.6 Å². The van der Waals surface area contributed by atoms with Gasteiger partial charge in [-0.2, -0.15) is 0 Å². The molecule has 7 heteroatoms. The number of hydrogen-bond acceptors (Lipinski definition) is 4. The number of benzene rings is 1. The Bertz CT molecular complexity index is 547. The minimum atomic E-state index is -0.194.